The molecule has 0 radical (unpaired) electrons. The third-order valence-electron chi connectivity index (χ3n) is 3.98. The van der Waals surface area contributed by atoms with Crippen LogP contribution < -0.4 is 10.2 Å². The summed E-state index contributed by atoms with van der Waals surface area (Å²) in [4.78, 5) is 2.51. The highest BCUT2D eigenvalue weighted by atomic mass is 16.5. The van der Waals surface area contributed by atoms with E-state index < -0.39 is 0 Å². The number of nitrogens with zero attached hydrogens (tertiary/aromatic N) is 1. The number of rotatable bonds is 5. The Kier molecular flexibility index (Phi) is 5.44. The van der Waals surface area contributed by atoms with Crippen molar-refractivity contribution in [1.29, 1.82) is 0 Å². The number of hydrogen-bond acceptors (Lipinski definition) is 3. The average Bonchev–Trinajstić information content (AvgIpc) is 2.45. The molecule has 1 fully saturated rings. The summed E-state index contributed by atoms with van der Waals surface area (Å²) in [7, 11) is 0. The smallest absolute Gasteiger partial charge is 0.0670 e. The number of nitrogens with one attached hydrogen (secondary N) is 1. The van der Waals surface area contributed by atoms with Gasteiger partial charge < -0.3 is 15.0 Å². The highest BCUT2D eigenvalue weighted by Crippen LogP contribution is 2.26. The summed E-state index contributed by atoms with van der Waals surface area (Å²) >= 11 is 0. The summed E-state index contributed by atoms with van der Waals surface area (Å²) in [5.41, 5.74) is 4.10. The predicted octanol–water partition coefficient (Wildman–Crippen LogP) is 3.11. The summed E-state index contributed by atoms with van der Waals surface area (Å²) in [5.74, 6) is 0. The van der Waals surface area contributed by atoms with Gasteiger partial charge >= 0.3 is 0 Å². The van der Waals surface area contributed by atoms with E-state index in [1.165, 1.54) is 16.8 Å². The van der Waals surface area contributed by atoms with Crippen molar-refractivity contribution in [2.75, 3.05) is 24.7 Å². The van der Waals surface area contributed by atoms with Crippen molar-refractivity contribution >= 4 is 5.69 Å². The Balaban J connectivity index is 2.12. The van der Waals surface area contributed by atoms with Gasteiger partial charge in [0.25, 0.3) is 0 Å². The highest BCUT2D eigenvalue weighted by Gasteiger charge is 2.22. The second-order valence-electron chi connectivity index (χ2n) is 5.99. The first-order valence-electron chi connectivity index (χ1n) is 7.79. The van der Waals surface area contributed by atoms with Crippen molar-refractivity contribution in [1.82, 2.24) is 5.32 Å². The van der Waals surface area contributed by atoms with Crippen LogP contribution in [-0.4, -0.2) is 31.8 Å². The van der Waals surface area contributed by atoms with Gasteiger partial charge in [-0.05, 0) is 30.5 Å². The van der Waals surface area contributed by atoms with Gasteiger partial charge in [-0.15, -0.1) is 0 Å². The van der Waals surface area contributed by atoms with Crippen LogP contribution in [0.5, 0.6) is 0 Å². The number of morpholine rings is 1. The maximum absolute atomic E-state index is 5.60. The van der Waals surface area contributed by atoms with E-state index in [0.29, 0.717) is 12.1 Å². The number of anilines is 1. The SMILES string of the molecule is CCC1COCCN1c1ccc(CNC(C)C)cc1C. The minimum absolute atomic E-state index is 0.516. The molecule has 112 valence electrons. The minimum atomic E-state index is 0.516. The van der Waals surface area contributed by atoms with Crippen molar-refractivity contribution in [3.63, 3.8) is 0 Å². The number of ether oxygens (including phenoxy) is 1. The second kappa shape index (κ2) is 7.09. The summed E-state index contributed by atoms with van der Waals surface area (Å²) < 4.78 is 5.60. The molecule has 1 aliphatic rings. The third-order valence-corrected chi connectivity index (χ3v) is 3.98. The molecule has 0 aliphatic carbocycles. The van der Waals surface area contributed by atoms with Crippen LogP contribution in [-0.2, 0) is 11.3 Å². The monoisotopic (exact) mass is 276 g/mol. The normalized spacial score (nSPS) is 19.6. The zero-order chi connectivity index (χ0) is 14.5. The molecule has 0 amide bonds. The van der Waals surface area contributed by atoms with Gasteiger partial charge in [0, 0.05) is 24.8 Å². The molecule has 0 saturated carbocycles. The Morgan fingerprint density at radius 3 is 2.85 bits per heavy atom. The molecule has 0 spiro atoms. The van der Waals surface area contributed by atoms with E-state index in [2.05, 4.69) is 56.1 Å². The summed E-state index contributed by atoms with van der Waals surface area (Å²) in [5, 5.41) is 3.47. The predicted molar refractivity (Wildman–Crippen MR) is 85.4 cm³/mol. The Labute approximate surface area is 123 Å². The topological polar surface area (TPSA) is 24.5 Å². The van der Waals surface area contributed by atoms with Crippen LogP contribution >= 0.6 is 0 Å². The molecule has 1 heterocycles. The lowest BCUT2D eigenvalue weighted by atomic mass is 10.1. The molecule has 1 aromatic carbocycles. The van der Waals surface area contributed by atoms with Crippen LogP contribution in [0.3, 0.4) is 0 Å². The van der Waals surface area contributed by atoms with Crippen LogP contribution in [0.15, 0.2) is 18.2 Å². The van der Waals surface area contributed by atoms with Gasteiger partial charge in [0.1, 0.15) is 0 Å². The average molecular weight is 276 g/mol. The van der Waals surface area contributed by atoms with Crippen molar-refractivity contribution in [3.05, 3.63) is 29.3 Å². The van der Waals surface area contributed by atoms with Gasteiger partial charge in [-0.2, -0.15) is 0 Å². The Morgan fingerprint density at radius 1 is 1.40 bits per heavy atom. The zero-order valence-corrected chi connectivity index (χ0v) is 13.3. The first-order valence-corrected chi connectivity index (χ1v) is 7.79. The van der Waals surface area contributed by atoms with Gasteiger partial charge in [-0.25, -0.2) is 0 Å². The van der Waals surface area contributed by atoms with Crippen molar-refractivity contribution < 1.29 is 4.74 Å². The van der Waals surface area contributed by atoms with E-state index in [9.17, 15) is 0 Å². The molecule has 0 bridgehead atoms. The van der Waals surface area contributed by atoms with E-state index in [0.717, 1.165) is 32.7 Å². The fraction of sp³-hybridized carbons (Fsp3) is 0.647. The minimum Gasteiger partial charge on any atom is -0.377 e. The maximum Gasteiger partial charge on any atom is 0.0670 e. The van der Waals surface area contributed by atoms with Crippen LogP contribution in [0.4, 0.5) is 5.69 Å². The maximum atomic E-state index is 5.60. The fourth-order valence-corrected chi connectivity index (χ4v) is 2.78. The van der Waals surface area contributed by atoms with Gasteiger partial charge in [0.15, 0.2) is 0 Å². The molecule has 2 rings (SSSR count). The molecule has 20 heavy (non-hydrogen) atoms. The summed E-state index contributed by atoms with van der Waals surface area (Å²) in [6.45, 7) is 12.5. The lowest BCUT2D eigenvalue weighted by Crippen LogP contribution is -2.45. The van der Waals surface area contributed by atoms with Crippen LogP contribution in [0, 0.1) is 6.92 Å². The number of aryl methyl sites for hydroxylation is 1. The second-order valence-corrected chi connectivity index (χ2v) is 5.99. The Hall–Kier alpha value is -1.06. The quantitative estimate of drug-likeness (QED) is 0.894. The molecule has 1 N–H and O–H groups in total. The molecule has 0 aromatic heterocycles. The lowest BCUT2D eigenvalue weighted by Gasteiger charge is -2.38. The highest BCUT2D eigenvalue weighted by molar-refractivity contribution is 5.55. The van der Waals surface area contributed by atoms with E-state index in [1.54, 1.807) is 0 Å². The first kappa shape index (κ1) is 15.3. The standard InChI is InChI=1S/C17H28N2O/c1-5-16-12-20-9-8-19(16)17-7-6-15(10-14(17)4)11-18-13(2)3/h6-7,10,13,16,18H,5,8-9,11-12H2,1-4H3. The van der Waals surface area contributed by atoms with E-state index in [-0.39, 0.29) is 0 Å². The molecular formula is C17H28N2O. The van der Waals surface area contributed by atoms with Crippen molar-refractivity contribution in [2.24, 2.45) is 0 Å². The largest absolute Gasteiger partial charge is 0.377 e. The van der Waals surface area contributed by atoms with Gasteiger partial charge in [0.05, 0.1) is 19.3 Å². The molecule has 1 unspecified atom stereocenters. The van der Waals surface area contributed by atoms with Crippen LogP contribution in [0.25, 0.3) is 0 Å². The number of hydrogen-bond donors (Lipinski definition) is 1. The first-order chi connectivity index (χ1) is 9.61. The van der Waals surface area contributed by atoms with Gasteiger partial charge in [-0.3, -0.25) is 0 Å². The molecule has 3 heteroatoms. The van der Waals surface area contributed by atoms with Crippen molar-refractivity contribution in [2.45, 2.75) is 52.7 Å². The number of benzene rings is 1. The Morgan fingerprint density at radius 2 is 2.20 bits per heavy atom. The van der Waals surface area contributed by atoms with Gasteiger partial charge in [-0.1, -0.05) is 32.9 Å². The molecule has 1 aliphatic heterocycles. The van der Waals surface area contributed by atoms with E-state index in [4.69, 9.17) is 4.74 Å². The van der Waals surface area contributed by atoms with Crippen molar-refractivity contribution in [3.8, 4) is 0 Å². The molecule has 1 aromatic rings. The zero-order valence-electron chi connectivity index (χ0n) is 13.3. The van der Waals surface area contributed by atoms with Gasteiger partial charge in [0.2, 0.25) is 0 Å². The lowest BCUT2D eigenvalue weighted by molar-refractivity contribution is 0.0929. The summed E-state index contributed by atoms with van der Waals surface area (Å²) in [6, 6.07) is 7.88. The third kappa shape index (κ3) is 3.74. The fourth-order valence-electron chi connectivity index (χ4n) is 2.78. The van der Waals surface area contributed by atoms with E-state index >= 15 is 0 Å². The Bertz CT molecular complexity index is 431. The van der Waals surface area contributed by atoms with E-state index in [1.807, 2.05) is 0 Å². The molecule has 1 saturated heterocycles. The molecule has 3 nitrogen and oxygen atoms in total. The summed E-state index contributed by atoms with van der Waals surface area (Å²) in [6.07, 6.45) is 1.14. The molecular weight excluding hydrogens is 248 g/mol. The van der Waals surface area contributed by atoms with Crippen LogP contribution in [0.2, 0.25) is 0 Å². The van der Waals surface area contributed by atoms with Crippen LogP contribution in [0.1, 0.15) is 38.3 Å². The molecule has 1 atom stereocenters.